The van der Waals surface area contributed by atoms with E-state index in [0.717, 1.165) is 0 Å². The first kappa shape index (κ1) is 28.2. The number of oxime groups is 1. The third kappa shape index (κ3) is 15.1. The van der Waals surface area contributed by atoms with E-state index in [1.54, 1.807) is 13.3 Å². The van der Waals surface area contributed by atoms with Gasteiger partial charge in [0.05, 0.1) is 18.9 Å². The van der Waals surface area contributed by atoms with Crippen LogP contribution in [0.25, 0.3) is 0 Å². The van der Waals surface area contributed by atoms with Gasteiger partial charge in [0.2, 0.25) is 0 Å². The van der Waals surface area contributed by atoms with E-state index < -0.39 is 33.3 Å². The van der Waals surface area contributed by atoms with Crippen molar-refractivity contribution in [2.45, 2.75) is 96.9 Å². The molecule has 0 aromatic carbocycles. The van der Waals surface area contributed by atoms with Crippen molar-refractivity contribution in [2.75, 3.05) is 13.7 Å². The fourth-order valence-corrected chi connectivity index (χ4v) is 6.34. The molecule has 0 saturated heterocycles. The highest BCUT2D eigenvalue weighted by atomic mass is 28.4. The Bertz CT molecular complexity index is 478. The van der Waals surface area contributed by atoms with Gasteiger partial charge in [-0.3, -0.25) is 0 Å². The summed E-state index contributed by atoms with van der Waals surface area (Å²) >= 11 is 0. The minimum atomic E-state index is -1.89. The Morgan fingerprint density at radius 1 is 0.679 bits per heavy atom. The molecule has 0 rings (SSSR count). The third-order valence-electron chi connectivity index (χ3n) is 3.17. The second-order valence-electron chi connectivity index (χ2n) is 11.0. The van der Waals surface area contributed by atoms with Gasteiger partial charge in [0, 0.05) is 0 Å². The van der Waals surface area contributed by atoms with Crippen LogP contribution in [0.2, 0.25) is 78.6 Å². The van der Waals surface area contributed by atoms with Gasteiger partial charge in [-0.2, -0.15) is 0 Å². The molecule has 0 aliphatic rings. The molecule has 0 bridgehead atoms. The lowest BCUT2D eigenvalue weighted by molar-refractivity contribution is -0.0281. The molecule has 0 amide bonds. The van der Waals surface area contributed by atoms with E-state index in [4.69, 9.17) is 22.5 Å². The van der Waals surface area contributed by atoms with Gasteiger partial charge in [0.1, 0.15) is 19.3 Å². The van der Waals surface area contributed by atoms with Crippen molar-refractivity contribution in [3.05, 3.63) is 0 Å². The predicted octanol–water partition coefficient (Wildman–Crippen LogP) is 5.13. The quantitative estimate of drug-likeness (QED) is 0.213. The normalized spacial score (nSPS) is 17.6. The molecule has 168 valence electrons. The van der Waals surface area contributed by atoms with Crippen molar-refractivity contribution in [1.82, 2.24) is 0 Å². The van der Waals surface area contributed by atoms with Crippen molar-refractivity contribution < 1.29 is 22.5 Å². The molecule has 0 aliphatic carbocycles. The van der Waals surface area contributed by atoms with E-state index in [2.05, 4.69) is 83.7 Å². The first-order chi connectivity index (χ1) is 12.3. The fourth-order valence-electron chi connectivity index (χ4n) is 2.46. The van der Waals surface area contributed by atoms with Crippen LogP contribution in [-0.2, 0) is 22.5 Å². The molecule has 0 aromatic rings. The summed E-state index contributed by atoms with van der Waals surface area (Å²) in [4.78, 5) is 4.97. The molecule has 10 heteroatoms. The van der Waals surface area contributed by atoms with Crippen LogP contribution in [0.4, 0.5) is 0 Å². The summed E-state index contributed by atoms with van der Waals surface area (Å²) in [5.41, 5.74) is 0. The van der Waals surface area contributed by atoms with Gasteiger partial charge in [0.25, 0.3) is 0 Å². The van der Waals surface area contributed by atoms with Crippen LogP contribution in [0.3, 0.4) is 0 Å². The van der Waals surface area contributed by atoms with Crippen molar-refractivity contribution in [1.29, 1.82) is 0 Å². The standard InChI is InChI=1S/C18H45NO5Si4/c1-20-19-14-16(22-26(5,6)7)18(24-28(11,12)13)17(23-27(8,9)10)15-21-25(2,3)4/h14,16-18H,15H2,1-13H3/b19-14+/t16-,17+,18+/m1/s1. The maximum Gasteiger partial charge on any atom is 0.184 e. The van der Waals surface area contributed by atoms with Gasteiger partial charge < -0.3 is 22.5 Å². The van der Waals surface area contributed by atoms with E-state index in [1.807, 2.05) is 0 Å². The van der Waals surface area contributed by atoms with E-state index in [-0.39, 0.29) is 18.3 Å². The summed E-state index contributed by atoms with van der Waals surface area (Å²) in [6.45, 7) is 26.7. The third-order valence-corrected chi connectivity index (χ3v) is 7.17. The first-order valence-electron chi connectivity index (χ1n) is 10.1. The van der Waals surface area contributed by atoms with Crippen molar-refractivity contribution in [3.63, 3.8) is 0 Å². The van der Waals surface area contributed by atoms with E-state index in [9.17, 15) is 0 Å². The monoisotopic (exact) mass is 467 g/mol. The minimum Gasteiger partial charge on any atom is -0.415 e. The summed E-state index contributed by atoms with van der Waals surface area (Å²) in [5, 5.41) is 4.03. The fraction of sp³-hybridized carbons (Fsp3) is 0.944. The lowest BCUT2D eigenvalue weighted by Crippen LogP contribution is -2.55. The number of hydrogen-bond donors (Lipinski definition) is 0. The summed E-state index contributed by atoms with van der Waals surface area (Å²) in [7, 11) is -5.75. The number of nitrogens with zero attached hydrogens (tertiary/aromatic N) is 1. The Kier molecular flexibility index (Phi) is 11.1. The molecule has 0 heterocycles. The molecule has 0 saturated carbocycles. The molecule has 0 spiro atoms. The smallest absolute Gasteiger partial charge is 0.184 e. The van der Waals surface area contributed by atoms with Gasteiger partial charge in [-0.05, 0) is 78.6 Å². The summed E-state index contributed by atoms with van der Waals surface area (Å²) < 4.78 is 26.0. The average molecular weight is 468 g/mol. The molecule has 0 unspecified atom stereocenters. The molecule has 0 aromatic heterocycles. The van der Waals surface area contributed by atoms with Gasteiger partial charge in [-0.25, -0.2) is 0 Å². The van der Waals surface area contributed by atoms with Crippen LogP contribution in [-0.4, -0.2) is 71.5 Å². The zero-order chi connectivity index (χ0) is 22.4. The molecule has 0 radical (unpaired) electrons. The number of hydrogen-bond acceptors (Lipinski definition) is 6. The van der Waals surface area contributed by atoms with Gasteiger partial charge in [0.15, 0.2) is 33.3 Å². The summed E-state index contributed by atoms with van der Waals surface area (Å²) in [5.74, 6) is 0. The average Bonchev–Trinajstić information content (AvgIpc) is 2.41. The zero-order valence-electron chi connectivity index (χ0n) is 20.5. The van der Waals surface area contributed by atoms with E-state index >= 15 is 0 Å². The Balaban J connectivity index is 6.01. The maximum absolute atomic E-state index is 6.64. The molecule has 0 aliphatic heterocycles. The Morgan fingerprint density at radius 3 is 1.50 bits per heavy atom. The molecule has 0 N–H and O–H groups in total. The lowest BCUT2D eigenvalue weighted by Gasteiger charge is -2.41. The van der Waals surface area contributed by atoms with Crippen LogP contribution in [0.1, 0.15) is 0 Å². The topological polar surface area (TPSA) is 58.5 Å². The highest BCUT2D eigenvalue weighted by Gasteiger charge is 2.40. The molecular weight excluding hydrogens is 423 g/mol. The highest BCUT2D eigenvalue weighted by Crippen LogP contribution is 2.24. The molecule has 6 nitrogen and oxygen atoms in total. The van der Waals surface area contributed by atoms with Crippen molar-refractivity contribution in [3.8, 4) is 0 Å². The van der Waals surface area contributed by atoms with E-state index in [0.29, 0.717) is 6.61 Å². The summed E-state index contributed by atoms with van der Waals surface area (Å²) in [6, 6.07) is 0. The van der Waals surface area contributed by atoms with E-state index in [1.165, 1.54) is 0 Å². The van der Waals surface area contributed by atoms with Crippen molar-refractivity contribution in [2.24, 2.45) is 5.16 Å². The molecular formula is C18H45NO5Si4. The largest absolute Gasteiger partial charge is 0.415 e. The Hall–Kier alpha value is 0.178. The van der Waals surface area contributed by atoms with Gasteiger partial charge >= 0.3 is 0 Å². The second kappa shape index (κ2) is 11.0. The Labute approximate surface area is 177 Å². The van der Waals surface area contributed by atoms with Crippen LogP contribution < -0.4 is 0 Å². The number of rotatable bonds is 13. The van der Waals surface area contributed by atoms with Crippen LogP contribution in [0, 0.1) is 0 Å². The molecule has 28 heavy (non-hydrogen) atoms. The Morgan fingerprint density at radius 2 is 1.14 bits per heavy atom. The highest BCUT2D eigenvalue weighted by molar-refractivity contribution is 6.71. The zero-order valence-corrected chi connectivity index (χ0v) is 24.5. The van der Waals surface area contributed by atoms with Crippen LogP contribution in [0.5, 0.6) is 0 Å². The van der Waals surface area contributed by atoms with Crippen molar-refractivity contribution >= 4 is 39.5 Å². The van der Waals surface area contributed by atoms with Crippen LogP contribution in [0.15, 0.2) is 5.16 Å². The molecule has 3 atom stereocenters. The van der Waals surface area contributed by atoms with Gasteiger partial charge in [-0.1, -0.05) is 5.16 Å². The second-order valence-corrected chi connectivity index (χ2v) is 28.9. The first-order valence-corrected chi connectivity index (χ1v) is 23.7. The SMILES string of the molecule is CO/N=C/[C@@H](O[Si](C)(C)C)[C@H](O[Si](C)(C)C)[C@H](CO[Si](C)(C)C)O[Si](C)(C)C. The molecule has 0 fully saturated rings. The lowest BCUT2D eigenvalue weighted by atomic mass is 10.1. The predicted molar refractivity (Wildman–Crippen MR) is 129 cm³/mol. The van der Waals surface area contributed by atoms with Gasteiger partial charge in [-0.15, -0.1) is 0 Å². The van der Waals surface area contributed by atoms with Crippen LogP contribution >= 0.6 is 0 Å². The summed E-state index contributed by atoms with van der Waals surface area (Å²) in [6.07, 6.45) is 0.873. The maximum atomic E-state index is 6.64. The minimum absolute atomic E-state index is 0.213.